The van der Waals surface area contributed by atoms with Crippen LogP contribution in [0.2, 0.25) is 5.02 Å². The number of piperazine rings is 1. The van der Waals surface area contributed by atoms with Crippen LogP contribution in [0.1, 0.15) is 16.7 Å². The lowest BCUT2D eigenvalue weighted by atomic mass is 10.1. The summed E-state index contributed by atoms with van der Waals surface area (Å²) in [5.74, 6) is 1.15. The predicted octanol–water partition coefficient (Wildman–Crippen LogP) is 2.10. The second-order valence-electron chi connectivity index (χ2n) is 8.08. The number of hydrogen-bond donors (Lipinski definition) is 2. The van der Waals surface area contributed by atoms with Gasteiger partial charge in [-0.25, -0.2) is 5.32 Å². The molecule has 4 nitrogen and oxygen atoms in total. The number of anilines is 3. The molecule has 3 aromatic carbocycles. The zero-order chi connectivity index (χ0) is 20.5. The number of hydrogen-bond acceptors (Lipinski definition) is 2. The summed E-state index contributed by atoms with van der Waals surface area (Å²) in [6.45, 7) is 7.19. The van der Waals surface area contributed by atoms with Crippen LogP contribution < -0.4 is 23.0 Å². The molecular weight excluding hydrogens is 427 g/mol. The highest BCUT2D eigenvalue weighted by Crippen LogP contribution is 2.34. The first kappa shape index (κ1) is 21.7. The van der Waals surface area contributed by atoms with Gasteiger partial charge in [0.1, 0.15) is 5.69 Å². The molecule has 1 saturated heterocycles. The van der Waals surface area contributed by atoms with Crippen molar-refractivity contribution in [3.05, 3.63) is 88.4 Å². The molecule has 5 rings (SSSR count). The SMILES string of the molecule is Cc1ccc(CN2CC[N+](=C3Nc4cc(Cl)ccc4Nc4ccccc43)CC2)cc1.[Cl-]. The summed E-state index contributed by atoms with van der Waals surface area (Å²) in [6.07, 6.45) is 0. The first-order valence-electron chi connectivity index (χ1n) is 10.5. The minimum absolute atomic E-state index is 0. The van der Waals surface area contributed by atoms with E-state index in [-0.39, 0.29) is 12.4 Å². The number of halogens is 2. The quantitative estimate of drug-likeness (QED) is 0.583. The maximum absolute atomic E-state index is 6.28. The van der Waals surface area contributed by atoms with E-state index in [1.807, 2.05) is 18.2 Å². The van der Waals surface area contributed by atoms with Crippen molar-refractivity contribution in [3.8, 4) is 0 Å². The van der Waals surface area contributed by atoms with Crippen molar-refractivity contribution in [1.29, 1.82) is 0 Å². The molecular formula is C25H26Cl2N4. The van der Waals surface area contributed by atoms with Crippen molar-refractivity contribution in [2.75, 3.05) is 36.8 Å². The average Bonchev–Trinajstić information content (AvgIpc) is 2.92. The van der Waals surface area contributed by atoms with Crippen molar-refractivity contribution in [2.45, 2.75) is 13.5 Å². The molecule has 0 spiro atoms. The summed E-state index contributed by atoms with van der Waals surface area (Å²) in [6, 6.07) is 23.3. The number of nitrogens with zero attached hydrogens (tertiary/aromatic N) is 2. The van der Waals surface area contributed by atoms with Gasteiger partial charge in [0.15, 0.2) is 0 Å². The molecule has 2 N–H and O–H groups in total. The van der Waals surface area contributed by atoms with E-state index in [0.717, 1.165) is 60.6 Å². The predicted molar refractivity (Wildman–Crippen MR) is 125 cm³/mol. The molecule has 6 heteroatoms. The second-order valence-corrected chi connectivity index (χ2v) is 8.52. The number of para-hydroxylation sites is 1. The molecule has 0 unspecified atom stereocenters. The van der Waals surface area contributed by atoms with Gasteiger partial charge < -0.3 is 17.7 Å². The Labute approximate surface area is 195 Å². The van der Waals surface area contributed by atoms with Crippen molar-refractivity contribution >= 4 is 34.5 Å². The summed E-state index contributed by atoms with van der Waals surface area (Å²) in [4.78, 5) is 2.54. The van der Waals surface area contributed by atoms with E-state index in [4.69, 9.17) is 11.6 Å². The van der Waals surface area contributed by atoms with E-state index < -0.39 is 0 Å². The smallest absolute Gasteiger partial charge is 0.284 e. The summed E-state index contributed by atoms with van der Waals surface area (Å²) in [7, 11) is 0. The Kier molecular flexibility index (Phi) is 6.51. The first-order valence-corrected chi connectivity index (χ1v) is 10.9. The number of fused-ring (bicyclic) bond motifs is 2. The summed E-state index contributed by atoms with van der Waals surface area (Å²) in [5.41, 5.74) is 7.05. The highest BCUT2D eigenvalue weighted by atomic mass is 35.5. The summed E-state index contributed by atoms with van der Waals surface area (Å²) >= 11 is 6.28. The van der Waals surface area contributed by atoms with Gasteiger partial charge >= 0.3 is 0 Å². The molecule has 0 amide bonds. The van der Waals surface area contributed by atoms with Crippen LogP contribution in [0.5, 0.6) is 0 Å². The van der Waals surface area contributed by atoms with Crippen LogP contribution in [-0.2, 0) is 6.54 Å². The lowest BCUT2D eigenvalue weighted by molar-refractivity contribution is -0.539. The third kappa shape index (κ3) is 4.72. The van der Waals surface area contributed by atoms with Crippen LogP contribution in [0.4, 0.5) is 17.1 Å². The minimum atomic E-state index is 0. The second kappa shape index (κ2) is 9.31. The summed E-state index contributed by atoms with van der Waals surface area (Å²) < 4.78 is 2.46. The van der Waals surface area contributed by atoms with Crippen molar-refractivity contribution in [3.63, 3.8) is 0 Å². The molecule has 1 fully saturated rings. The van der Waals surface area contributed by atoms with Gasteiger partial charge in [-0.1, -0.05) is 53.6 Å². The number of amidine groups is 1. The molecule has 3 aromatic rings. The van der Waals surface area contributed by atoms with Crippen molar-refractivity contribution in [1.82, 2.24) is 4.90 Å². The van der Waals surface area contributed by atoms with Gasteiger partial charge in [0.25, 0.3) is 5.84 Å². The molecule has 0 aliphatic carbocycles. The van der Waals surface area contributed by atoms with E-state index in [1.54, 1.807) is 0 Å². The van der Waals surface area contributed by atoms with Gasteiger partial charge in [-0.2, -0.15) is 0 Å². The molecule has 31 heavy (non-hydrogen) atoms. The lowest BCUT2D eigenvalue weighted by Crippen LogP contribution is -3.00. The number of aryl methyl sites for hydroxylation is 1. The Morgan fingerprint density at radius 3 is 2.39 bits per heavy atom. The highest BCUT2D eigenvalue weighted by molar-refractivity contribution is 6.31. The zero-order valence-electron chi connectivity index (χ0n) is 17.5. The molecule has 2 heterocycles. The van der Waals surface area contributed by atoms with Gasteiger partial charge in [0.2, 0.25) is 0 Å². The standard InChI is InChI=1S/C25H25ClN4.ClH/c1-18-6-8-19(9-7-18)17-29-12-14-30(15-13-29)25-21-4-2-3-5-22(21)27-23-11-10-20(26)16-24(23)28-25;/h2-11,16H,12-15,17H2,1H3,(H,27,28);1H. The van der Waals surface area contributed by atoms with Gasteiger partial charge in [-0.3, -0.25) is 9.48 Å². The summed E-state index contributed by atoms with van der Waals surface area (Å²) in [5, 5.41) is 7.97. The van der Waals surface area contributed by atoms with E-state index in [9.17, 15) is 0 Å². The Morgan fingerprint density at radius 2 is 1.61 bits per heavy atom. The molecule has 0 radical (unpaired) electrons. The first-order chi connectivity index (χ1) is 14.7. The molecule has 0 saturated carbocycles. The van der Waals surface area contributed by atoms with Gasteiger partial charge in [0, 0.05) is 30.7 Å². The fourth-order valence-electron chi connectivity index (χ4n) is 4.20. The number of nitrogens with one attached hydrogen (secondary N) is 2. The van der Waals surface area contributed by atoms with Gasteiger partial charge in [-0.05, 0) is 36.8 Å². The molecule has 0 atom stereocenters. The Balaban J connectivity index is 0.00000231. The maximum Gasteiger partial charge on any atom is 0.284 e. The van der Waals surface area contributed by atoms with E-state index in [1.165, 1.54) is 16.7 Å². The van der Waals surface area contributed by atoms with Crippen LogP contribution in [-0.4, -0.2) is 41.5 Å². The Bertz CT molecular complexity index is 1100. The molecule has 0 aromatic heterocycles. The molecule has 2 aliphatic heterocycles. The van der Waals surface area contributed by atoms with Crippen LogP contribution in [0, 0.1) is 6.92 Å². The number of rotatable bonds is 2. The fourth-order valence-corrected chi connectivity index (χ4v) is 4.37. The zero-order valence-corrected chi connectivity index (χ0v) is 19.0. The van der Waals surface area contributed by atoms with E-state index in [0.29, 0.717) is 0 Å². The highest BCUT2D eigenvalue weighted by Gasteiger charge is 2.28. The van der Waals surface area contributed by atoms with Gasteiger partial charge in [-0.15, -0.1) is 0 Å². The molecule has 2 aliphatic rings. The third-order valence-electron chi connectivity index (χ3n) is 5.90. The van der Waals surface area contributed by atoms with Crippen LogP contribution in [0.3, 0.4) is 0 Å². The van der Waals surface area contributed by atoms with Crippen LogP contribution >= 0.6 is 11.6 Å². The maximum atomic E-state index is 6.28. The van der Waals surface area contributed by atoms with Crippen molar-refractivity contribution < 1.29 is 17.0 Å². The lowest BCUT2D eigenvalue weighted by Gasteiger charge is -2.28. The Hall–Kier alpha value is -2.53. The van der Waals surface area contributed by atoms with Gasteiger partial charge in [0.05, 0.1) is 30.0 Å². The number of benzene rings is 3. The van der Waals surface area contributed by atoms with Crippen LogP contribution in [0.25, 0.3) is 0 Å². The van der Waals surface area contributed by atoms with E-state index >= 15 is 0 Å². The topological polar surface area (TPSA) is 30.3 Å². The third-order valence-corrected chi connectivity index (χ3v) is 6.14. The largest absolute Gasteiger partial charge is 1.00 e. The average molecular weight is 453 g/mol. The van der Waals surface area contributed by atoms with Crippen LogP contribution in [0.15, 0.2) is 66.7 Å². The minimum Gasteiger partial charge on any atom is -1.00 e. The molecule has 160 valence electrons. The normalized spacial score (nSPS) is 15.7. The van der Waals surface area contributed by atoms with E-state index in [2.05, 4.69) is 75.6 Å². The van der Waals surface area contributed by atoms with Crippen molar-refractivity contribution in [2.24, 2.45) is 0 Å². The fraction of sp³-hybridized carbons (Fsp3) is 0.240. The monoisotopic (exact) mass is 452 g/mol. The Morgan fingerprint density at radius 1 is 0.871 bits per heavy atom. The molecule has 0 bridgehead atoms.